The molecule has 0 saturated heterocycles. The quantitative estimate of drug-likeness (QED) is 0.0596. The number of hydrogen-bond acceptors (Lipinski definition) is 10. The maximum Gasteiger partial charge on any atom is 0.332 e. The molecule has 0 spiro atoms. The average molecular weight is 772 g/mol. The number of H-pyrrole nitrogens is 1. The van der Waals surface area contributed by atoms with Crippen molar-refractivity contribution in [3.8, 4) is 5.69 Å². The number of aliphatic carboxylic acids is 4. The van der Waals surface area contributed by atoms with E-state index in [1.165, 1.54) is 11.3 Å². The summed E-state index contributed by atoms with van der Waals surface area (Å²) in [5.41, 5.74) is 3.97. The van der Waals surface area contributed by atoms with Gasteiger partial charge in [0, 0.05) is 59.8 Å². The van der Waals surface area contributed by atoms with Gasteiger partial charge < -0.3 is 40.5 Å². The summed E-state index contributed by atoms with van der Waals surface area (Å²) in [7, 11) is 0. The minimum Gasteiger partial charge on any atom is -0.480 e. The number of imidazole rings is 1. The van der Waals surface area contributed by atoms with Gasteiger partial charge in [0.25, 0.3) is 5.91 Å². The molecule has 1 aliphatic rings. The number of nitrogens with one attached hydrogen (secondary N) is 4. The predicted octanol–water partition coefficient (Wildman–Crippen LogP) is 3.03. The molecule has 3 aromatic heterocycles. The molecule has 18 heteroatoms. The zero-order valence-corrected chi connectivity index (χ0v) is 30.1. The first-order valence-corrected chi connectivity index (χ1v) is 18.0. The van der Waals surface area contributed by atoms with Crippen LogP contribution in [0.15, 0.2) is 65.6 Å². The SMILES string of the molecule is O=C(O)CN(CCNC(C(=O)O)C(=O)O)CC(=O)Nc1ccc2[nH]cc(CC(NC(=O)c3ccc4c(c3)nc(C3CCCCC3)n4-c3ccoc3)C(=O)O)c2c1. The van der Waals surface area contributed by atoms with Gasteiger partial charge in [-0.2, -0.15) is 0 Å². The molecule has 3 heterocycles. The normalized spacial score (nSPS) is 14.0. The van der Waals surface area contributed by atoms with Gasteiger partial charge in [-0.25, -0.2) is 19.4 Å². The Kier molecular flexibility index (Phi) is 12.1. The summed E-state index contributed by atoms with van der Waals surface area (Å²) in [5, 5.41) is 45.7. The number of aromatic amines is 1. The first kappa shape index (κ1) is 39.2. The number of benzene rings is 2. The van der Waals surface area contributed by atoms with E-state index in [-0.39, 0.29) is 31.0 Å². The van der Waals surface area contributed by atoms with Gasteiger partial charge in [-0.15, -0.1) is 0 Å². The van der Waals surface area contributed by atoms with Crippen molar-refractivity contribution >= 4 is 63.3 Å². The van der Waals surface area contributed by atoms with Gasteiger partial charge in [0.1, 0.15) is 18.1 Å². The van der Waals surface area contributed by atoms with Gasteiger partial charge in [-0.05, 0) is 54.8 Å². The lowest BCUT2D eigenvalue weighted by atomic mass is 9.88. The number of hydrogen-bond donors (Lipinski definition) is 8. The van der Waals surface area contributed by atoms with Crippen LogP contribution in [0.5, 0.6) is 0 Å². The molecule has 5 aromatic rings. The summed E-state index contributed by atoms with van der Waals surface area (Å²) in [4.78, 5) is 81.8. The van der Waals surface area contributed by atoms with Crippen LogP contribution in [0.4, 0.5) is 5.69 Å². The van der Waals surface area contributed by atoms with E-state index in [1.807, 2.05) is 6.07 Å². The molecule has 1 aliphatic carbocycles. The molecule has 1 unspecified atom stereocenters. The molecule has 8 N–H and O–H groups in total. The minimum absolute atomic E-state index is 0.102. The van der Waals surface area contributed by atoms with Crippen LogP contribution < -0.4 is 16.0 Å². The highest BCUT2D eigenvalue weighted by Gasteiger charge is 2.27. The van der Waals surface area contributed by atoms with Crippen LogP contribution in [0, 0.1) is 0 Å². The Labute approximate surface area is 318 Å². The number of anilines is 1. The lowest BCUT2D eigenvalue weighted by Crippen LogP contribution is -2.47. The van der Waals surface area contributed by atoms with Crippen molar-refractivity contribution in [2.45, 2.75) is 56.5 Å². The van der Waals surface area contributed by atoms with Gasteiger partial charge >= 0.3 is 23.9 Å². The minimum atomic E-state index is -1.90. The number of aromatic nitrogens is 3. The summed E-state index contributed by atoms with van der Waals surface area (Å²) in [6.07, 6.45) is 10.2. The van der Waals surface area contributed by atoms with Crippen molar-refractivity contribution in [1.82, 2.24) is 30.1 Å². The second kappa shape index (κ2) is 17.3. The number of nitrogens with zero attached hydrogens (tertiary/aromatic N) is 3. The molecule has 2 aromatic carbocycles. The van der Waals surface area contributed by atoms with Crippen LogP contribution >= 0.6 is 0 Å². The zero-order chi connectivity index (χ0) is 39.9. The fourth-order valence-electron chi connectivity index (χ4n) is 7.07. The molecule has 1 saturated carbocycles. The van der Waals surface area contributed by atoms with Gasteiger partial charge in [-0.3, -0.25) is 29.2 Å². The largest absolute Gasteiger partial charge is 0.480 e. The van der Waals surface area contributed by atoms with E-state index >= 15 is 0 Å². The Hall–Kier alpha value is -6.53. The van der Waals surface area contributed by atoms with E-state index in [0.717, 1.165) is 42.7 Å². The lowest BCUT2D eigenvalue weighted by molar-refractivity contribution is -0.151. The molecule has 56 heavy (non-hydrogen) atoms. The first-order valence-electron chi connectivity index (χ1n) is 18.0. The van der Waals surface area contributed by atoms with Gasteiger partial charge in [0.15, 0.2) is 0 Å². The fraction of sp³-hybridized carbons (Fsp3) is 0.342. The Morgan fingerprint density at radius 2 is 1.70 bits per heavy atom. The van der Waals surface area contributed by atoms with Crippen molar-refractivity contribution in [3.05, 3.63) is 78.1 Å². The monoisotopic (exact) mass is 771 g/mol. The number of carboxylic acid groups (broad SMARTS) is 4. The average Bonchev–Trinajstić information content (AvgIpc) is 3.91. The zero-order valence-electron chi connectivity index (χ0n) is 30.1. The van der Waals surface area contributed by atoms with Crippen molar-refractivity contribution in [2.24, 2.45) is 0 Å². The van der Waals surface area contributed by atoms with Crippen molar-refractivity contribution < 1.29 is 53.6 Å². The van der Waals surface area contributed by atoms with E-state index in [9.17, 15) is 39.0 Å². The fourth-order valence-corrected chi connectivity index (χ4v) is 7.07. The summed E-state index contributed by atoms with van der Waals surface area (Å²) >= 11 is 0. The van der Waals surface area contributed by atoms with Crippen LogP contribution in [0.3, 0.4) is 0 Å². The Morgan fingerprint density at radius 1 is 0.929 bits per heavy atom. The van der Waals surface area contributed by atoms with Crippen molar-refractivity contribution in [2.75, 3.05) is 31.5 Å². The topological polar surface area (TPSA) is 269 Å². The third-order valence-corrected chi connectivity index (χ3v) is 9.75. The van der Waals surface area contributed by atoms with Crippen molar-refractivity contribution in [1.29, 1.82) is 0 Å². The number of furan rings is 1. The van der Waals surface area contributed by atoms with Crippen LogP contribution in [-0.4, -0.2) is 114 Å². The number of rotatable bonds is 18. The number of carboxylic acids is 4. The van der Waals surface area contributed by atoms with E-state index < -0.39 is 60.9 Å². The summed E-state index contributed by atoms with van der Waals surface area (Å²) in [5.74, 6) is -5.79. The highest BCUT2D eigenvalue weighted by molar-refractivity contribution is 6.00. The molecule has 0 aliphatic heterocycles. The Balaban J connectivity index is 1.14. The number of amides is 2. The van der Waals surface area contributed by atoms with E-state index in [0.29, 0.717) is 27.7 Å². The molecule has 0 bridgehead atoms. The summed E-state index contributed by atoms with van der Waals surface area (Å²) < 4.78 is 7.42. The molecule has 0 radical (unpaired) electrons. The third kappa shape index (κ3) is 9.22. The molecule has 18 nitrogen and oxygen atoms in total. The second-order valence-corrected chi connectivity index (χ2v) is 13.7. The third-order valence-electron chi connectivity index (χ3n) is 9.75. The van der Waals surface area contributed by atoms with Crippen LogP contribution in [0.1, 0.15) is 59.8 Å². The smallest absolute Gasteiger partial charge is 0.332 e. The highest BCUT2D eigenvalue weighted by atomic mass is 16.4. The summed E-state index contributed by atoms with van der Waals surface area (Å²) in [6, 6.07) is 8.59. The molecule has 1 fully saturated rings. The molecule has 6 rings (SSSR count). The highest BCUT2D eigenvalue weighted by Crippen LogP contribution is 2.36. The molecule has 1 atom stereocenters. The van der Waals surface area contributed by atoms with E-state index in [4.69, 9.17) is 19.6 Å². The van der Waals surface area contributed by atoms with Gasteiger partial charge in [0.2, 0.25) is 11.9 Å². The first-order chi connectivity index (χ1) is 26.9. The molecule has 2 amide bonds. The second-order valence-electron chi connectivity index (χ2n) is 13.7. The van der Waals surface area contributed by atoms with Gasteiger partial charge in [0.05, 0.1) is 36.1 Å². The standard InChI is InChI=1S/C38H41N7O11/c46-31(18-44(19-32(47)48)12-11-39-33(37(52)53)38(54)55)41-24-7-8-27-26(16-24)23(17-40-27)15-29(36(50)51)43-35(49)22-6-9-30-28(14-22)42-34(21-4-2-1-3-5-21)45(30)25-10-13-56-20-25/h6-10,13-14,16-17,20-21,29,33,39-40H,1-5,11-12,15,18-19H2,(H,41,46)(H,43,49)(H,47,48)(H,50,51)(H,52,53)(H,54,55). The molecule has 294 valence electrons. The molecular weight excluding hydrogens is 730 g/mol. The van der Waals surface area contributed by atoms with Gasteiger partial charge in [-0.1, -0.05) is 19.3 Å². The van der Waals surface area contributed by atoms with E-state index in [1.54, 1.807) is 55.1 Å². The van der Waals surface area contributed by atoms with Crippen LogP contribution in [0.2, 0.25) is 0 Å². The Bertz CT molecular complexity index is 2240. The number of carbonyl (C=O) groups is 6. The summed E-state index contributed by atoms with van der Waals surface area (Å²) in [6.45, 7) is -1.37. The maximum absolute atomic E-state index is 13.5. The number of carbonyl (C=O) groups excluding carboxylic acids is 2. The molecular formula is C38H41N7O11. The lowest BCUT2D eigenvalue weighted by Gasteiger charge is -2.21. The van der Waals surface area contributed by atoms with Crippen LogP contribution in [0.25, 0.3) is 27.6 Å². The predicted molar refractivity (Wildman–Crippen MR) is 200 cm³/mol. The Morgan fingerprint density at radius 3 is 2.38 bits per heavy atom. The van der Waals surface area contributed by atoms with Crippen molar-refractivity contribution in [3.63, 3.8) is 0 Å². The number of fused-ring (bicyclic) bond motifs is 2. The van der Waals surface area contributed by atoms with E-state index in [2.05, 4.69) is 25.5 Å². The maximum atomic E-state index is 13.5. The van der Waals surface area contributed by atoms with Crippen LogP contribution in [-0.2, 0) is 30.4 Å².